The predicted molar refractivity (Wildman–Crippen MR) is 82.2 cm³/mol. The quantitative estimate of drug-likeness (QED) is 0.692. The Morgan fingerprint density at radius 2 is 2.00 bits per heavy atom. The van der Waals surface area contributed by atoms with E-state index in [1.807, 2.05) is 19.1 Å². The molecule has 0 atom stereocenters. The SMILES string of the molecule is Cc1ccc(C(=O)OCc2nn3c(=O)cc(C)nc3s2)cc1. The summed E-state index contributed by atoms with van der Waals surface area (Å²) in [5.74, 6) is -0.421. The topological polar surface area (TPSA) is 73.6 Å². The van der Waals surface area contributed by atoms with E-state index in [1.54, 1.807) is 19.1 Å². The molecule has 0 saturated heterocycles. The number of hydrogen-bond donors (Lipinski definition) is 0. The van der Waals surface area contributed by atoms with Gasteiger partial charge in [-0.15, -0.1) is 0 Å². The predicted octanol–water partition coefficient (Wildman–Crippen LogP) is 2.12. The Labute approximate surface area is 130 Å². The Kier molecular flexibility index (Phi) is 3.72. The average Bonchev–Trinajstić information content (AvgIpc) is 2.89. The highest BCUT2D eigenvalue weighted by Crippen LogP contribution is 2.13. The van der Waals surface area contributed by atoms with E-state index in [2.05, 4.69) is 10.1 Å². The minimum absolute atomic E-state index is 0.0131. The summed E-state index contributed by atoms with van der Waals surface area (Å²) in [5.41, 5.74) is 1.95. The van der Waals surface area contributed by atoms with Gasteiger partial charge in [-0.2, -0.15) is 9.61 Å². The summed E-state index contributed by atoms with van der Waals surface area (Å²) in [6.45, 7) is 3.71. The van der Waals surface area contributed by atoms with Crippen LogP contribution in [0.2, 0.25) is 0 Å². The lowest BCUT2D eigenvalue weighted by molar-refractivity contribution is 0.0471. The summed E-state index contributed by atoms with van der Waals surface area (Å²) in [6, 6.07) is 8.53. The minimum Gasteiger partial charge on any atom is -0.455 e. The van der Waals surface area contributed by atoms with Gasteiger partial charge in [-0.3, -0.25) is 4.79 Å². The van der Waals surface area contributed by atoms with E-state index in [0.29, 0.717) is 21.2 Å². The molecule has 0 radical (unpaired) electrons. The number of ether oxygens (including phenoxy) is 1. The number of carbonyl (C=O) groups is 1. The Morgan fingerprint density at radius 3 is 2.73 bits per heavy atom. The number of aromatic nitrogens is 3. The third-order valence-corrected chi connectivity index (χ3v) is 3.91. The van der Waals surface area contributed by atoms with Crippen LogP contribution in [0.4, 0.5) is 0 Å². The van der Waals surface area contributed by atoms with E-state index < -0.39 is 5.97 Å². The summed E-state index contributed by atoms with van der Waals surface area (Å²) >= 11 is 1.23. The molecule has 112 valence electrons. The molecule has 0 aliphatic carbocycles. The standard InChI is InChI=1S/C15H13N3O3S/c1-9-3-5-11(6-4-9)14(20)21-8-12-17-18-13(19)7-10(2)16-15(18)22-12/h3-7H,8H2,1-2H3. The van der Waals surface area contributed by atoms with Gasteiger partial charge in [0, 0.05) is 11.8 Å². The molecule has 6 nitrogen and oxygen atoms in total. The van der Waals surface area contributed by atoms with Crippen molar-refractivity contribution in [3.05, 3.63) is 62.5 Å². The Bertz CT molecular complexity index is 897. The van der Waals surface area contributed by atoms with Gasteiger partial charge in [0.05, 0.1) is 5.56 Å². The summed E-state index contributed by atoms with van der Waals surface area (Å²) in [7, 11) is 0. The first-order valence-electron chi connectivity index (χ1n) is 6.63. The molecule has 0 aliphatic heterocycles. The van der Waals surface area contributed by atoms with Crippen molar-refractivity contribution in [3.8, 4) is 0 Å². The maximum absolute atomic E-state index is 11.9. The molecule has 0 saturated carbocycles. The van der Waals surface area contributed by atoms with Crippen LogP contribution in [0.25, 0.3) is 4.96 Å². The Balaban J connectivity index is 1.76. The summed E-state index contributed by atoms with van der Waals surface area (Å²) < 4.78 is 6.43. The second kappa shape index (κ2) is 5.69. The molecule has 0 amide bonds. The van der Waals surface area contributed by atoms with Crippen LogP contribution < -0.4 is 5.56 Å². The van der Waals surface area contributed by atoms with Crippen molar-refractivity contribution >= 4 is 22.3 Å². The van der Waals surface area contributed by atoms with E-state index in [1.165, 1.54) is 21.9 Å². The molecule has 2 aromatic heterocycles. The van der Waals surface area contributed by atoms with E-state index in [4.69, 9.17) is 4.74 Å². The van der Waals surface area contributed by atoms with Crippen LogP contribution in [0.3, 0.4) is 0 Å². The van der Waals surface area contributed by atoms with Gasteiger partial charge in [-0.25, -0.2) is 9.78 Å². The molecule has 3 aromatic rings. The van der Waals surface area contributed by atoms with Crippen molar-refractivity contribution < 1.29 is 9.53 Å². The number of hydrogen-bond acceptors (Lipinski definition) is 6. The monoisotopic (exact) mass is 315 g/mol. The largest absolute Gasteiger partial charge is 0.455 e. The van der Waals surface area contributed by atoms with Crippen molar-refractivity contribution in [1.29, 1.82) is 0 Å². The van der Waals surface area contributed by atoms with Gasteiger partial charge in [0.15, 0.2) is 5.01 Å². The maximum Gasteiger partial charge on any atom is 0.338 e. The normalized spacial score (nSPS) is 10.8. The maximum atomic E-state index is 11.9. The highest BCUT2D eigenvalue weighted by molar-refractivity contribution is 7.16. The molecule has 0 spiro atoms. The third kappa shape index (κ3) is 2.89. The van der Waals surface area contributed by atoms with Gasteiger partial charge in [0.1, 0.15) is 6.61 Å². The molecular formula is C15H13N3O3S. The van der Waals surface area contributed by atoms with Gasteiger partial charge in [-0.05, 0) is 26.0 Å². The van der Waals surface area contributed by atoms with Crippen molar-refractivity contribution in [2.24, 2.45) is 0 Å². The number of aryl methyl sites for hydroxylation is 2. The van der Waals surface area contributed by atoms with Crippen molar-refractivity contribution in [3.63, 3.8) is 0 Å². The molecule has 7 heteroatoms. The molecular weight excluding hydrogens is 302 g/mol. The average molecular weight is 315 g/mol. The number of fused-ring (bicyclic) bond motifs is 1. The number of carbonyl (C=O) groups excluding carboxylic acids is 1. The van der Waals surface area contributed by atoms with E-state index in [-0.39, 0.29) is 12.2 Å². The molecule has 0 unspecified atom stereocenters. The molecule has 1 aromatic carbocycles. The first-order chi connectivity index (χ1) is 10.5. The summed E-state index contributed by atoms with van der Waals surface area (Å²) in [6.07, 6.45) is 0. The molecule has 0 N–H and O–H groups in total. The van der Waals surface area contributed by atoms with Gasteiger partial charge < -0.3 is 4.74 Å². The van der Waals surface area contributed by atoms with Crippen LogP contribution in [-0.4, -0.2) is 20.6 Å². The molecule has 22 heavy (non-hydrogen) atoms. The van der Waals surface area contributed by atoms with Gasteiger partial charge in [-0.1, -0.05) is 29.0 Å². The zero-order valence-corrected chi connectivity index (χ0v) is 12.9. The fourth-order valence-corrected chi connectivity index (χ4v) is 2.78. The van der Waals surface area contributed by atoms with Crippen LogP contribution in [0.5, 0.6) is 0 Å². The van der Waals surface area contributed by atoms with Crippen LogP contribution >= 0.6 is 11.3 Å². The molecule has 0 fully saturated rings. The fraction of sp³-hybridized carbons (Fsp3) is 0.200. The summed E-state index contributed by atoms with van der Waals surface area (Å²) in [5, 5.41) is 4.64. The van der Waals surface area contributed by atoms with Gasteiger partial charge in [0.25, 0.3) is 5.56 Å². The lowest BCUT2D eigenvalue weighted by atomic mass is 10.1. The van der Waals surface area contributed by atoms with Crippen molar-refractivity contribution in [1.82, 2.24) is 14.6 Å². The first kappa shape index (κ1) is 14.4. The summed E-state index contributed by atoms with van der Waals surface area (Å²) in [4.78, 5) is 28.4. The van der Waals surface area contributed by atoms with E-state index >= 15 is 0 Å². The molecule has 2 heterocycles. The van der Waals surface area contributed by atoms with Crippen LogP contribution in [0.15, 0.2) is 35.1 Å². The van der Waals surface area contributed by atoms with Crippen LogP contribution in [-0.2, 0) is 11.3 Å². The number of rotatable bonds is 3. The Morgan fingerprint density at radius 1 is 1.27 bits per heavy atom. The zero-order chi connectivity index (χ0) is 15.7. The zero-order valence-electron chi connectivity index (χ0n) is 12.1. The van der Waals surface area contributed by atoms with Crippen LogP contribution in [0, 0.1) is 13.8 Å². The molecule has 0 aliphatic rings. The number of esters is 1. The third-order valence-electron chi connectivity index (χ3n) is 3.03. The minimum atomic E-state index is -0.421. The molecule has 0 bridgehead atoms. The van der Waals surface area contributed by atoms with Crippen molar-refractivity contribution in [2.45, 2.75) is 20.5 Å². The van der Waals surface area contributed by atoms with Crippen molar-refractivity contribution in [2.75, 3.05) is 0 Å². The fourth-order valence-electron chi connectivity index (χ4n) is 1.92. The van der Waals surface area contributed by atoms with Gasteiger partial charge >= 0.3 is 5.97 Å². The number of nitrogens with zero attached hydrogens (tertiary/aromatic N) is 3. The second-order valence-corrected chi connectivity index (χ2v) is 5.91. The lowest BCUT2D eigenvalue weighted by Gasteiger charge is -2.02. The second-order valence-electron chi connectivity index (χ2n) is 4.87. The smallest absolute Gasteiger partial charge is 0.338 e. The van der Waals surface area contributed by atoms with Gasteiger partial charge in [0.2, 0.25) is 4.96 Å². The highest BCUT2D eigenvalue weighted by Gasteiger charge is 2.11. The first-order valence-corrected chi connectivity index (χ1v) is 7.45. The molecule has 3 rings (SSSR count). The lowest BCUT2D eigenvalue weighted by Crippen LogP contribution is -2.14. The van der Waals surface area contributed by atoms with E-state index in [0.717, 1.165) is 5.56 Å². The van der Waals surface area contributed by atoms with Crippen LogP contribution in [0.1, 0.15) is 26.6 Å². The Hall–Kier alpha value is -2.54. The highest BCUT2D eigenvalue weighted by atomic mass is 32.1. The number of benzene rings is 1. The van der Waals surface area contributed by atoms with E-state index in [9.17, 15) is 9.59 Å².